The van der Waals surface area contributed by atoms with Crippen LogP contribution in [0.5, 0.6) is 0 Å². The van der Waals surface area contributed by atoms with Gasteiger partial charge in [-0.2, -0.15) is 0 Å². The first-order chi connectivity index (χ1) is 10.5. The molecule has 3 rings (SSSR count). The number of aliphatic carboxylic acids is 1. The minimum Gasteiger partial charge on any atom is -0.480 e. The molecule has 6 heteroatoms. The minimum absolute atomic E-state index is 0.0402. The van der Waals surface area contributed by atoms with Crippen molar-refractivity contribution >= 4 is 23.5 Å². The van der Waals surface area contributed by atoms with Crippen LogP contribution in [0.15, 0.2) is 24.3 Å². The molecule has 1 unspecified atom stereocenters. The second-order valence-corrected chi connectivity index (χ2v) is 5.98. The summed E-state index contributed by atoms with van der Waals surface area (Å²) in [5.41, 5.74) is 0.174. The number of carboxylic acids is 1. The zero-order valence-electron chi connectivity index (χ0n) is 12.1. The zero-order valence-corrected chi connectivity index (χ0v) is 12.1. The molecule has 0 saturated heterocycles. The lowest BCUT2D eigenvalue weighted by Gasteiger charge is -2.30. The number of hydrogen-bond donors (Lipinski definition) is 3. The molecule has 1 aromatic rings. The number of carbonyl (C=O) groups excluding carboxylic acids is 2. The molecule has 116 valence electrons. The molecule has 1 fully saturated rings. The quantitative estimate of drug-likeness (QED) is 0.790. The van der Waals surface area contributed by atoms with Crippen LogP contribution >= 0.6 is 0 Å². The van der Waals surface area contributed by atoms with Gasteiger partial charge >= 0.3 is 5.97 Å². The molecule has 1 aromatic carbocycles. The SMILES string of the molecule is O=C1CC(C(=O)NC2(C(=O)O)CCCC2)c2ccccc2N1. The van der Waals surface area contributed by atoms with Crippen molar-refractivity contribution in [1.82, 2.24) is 5.32 Å². The van der Waals surface area contributed by atoms with Crippen molar-refractivity contribution < 1.29 is 19.5 Å². The highest BCUT2D eigenvalue weighted by atomic mass is 16.4. The molecule has 1 heterocycles. The standard InChI is InChI=1S/C16H18N2O4/c19-13-9-11(10-5-1-2-6-12(10)17-13)14(20)18-16(15(21)22)7-3-4-8-16/h1-2,5-6,11H,3-4,7-9H2,(H,17,19)(H,18,20)(H,21,22). The number of hydrogen-bond acceptors (Lipinski definition) is 3. The number of anilines is 1. The number of rotatable bonds is 3. The molecule has 2 amide bonds. The van der Waals surface area contributed by atoms with Crippen molar-refractivity contribution in [3.8, 4) is 0 Å². The Bertz CT molecular complexity index is 635. The van der Waals surface area contributed by atoms with E-state index in [1.165, 1.54) is 0 Å². The number of fused-ring (bicyclic) bond motifs is 1. The van der Waals surface area contributed by atoms with Crippen LogP contribution in [0, 0.1) is 0 Å². The maximum absolute atomic E-state index is 12.6. The van der Waals surface area contributed by atoms with Gasteiger partial charge < -0.3 is 15.7 Å². The van der Waals surface area contributed by atoms with E-state index < -0.39 is 17.4 Å². The fourth-order valence-corrected chi connectivity index (χ4v) is 3.34. The predicted octanol–water partition coefficient (Wildman–Crippen LogP) is 1.63. The number of carbonyl (C=O) groups is 3. The van der Waals surface area contributed by atoms with E-state index in [-0.39, 0.29) is 18.2 Å². The monoisotopic (exact) mass is 302 g/mol. The van der Waals surface area contributed by atoms with E-state index in [0.29, 0.717) is 18.5 Å². The van der Waals surface area contributed by atoms with Crippen LogP contribution in [0.2, 0.25) is 0 Å². The summed E-state index contributed by atoms with van der Waals surface area (Å²) in [6.07, 6.45) is 2.49. The third-order valence-electron chi connectivity index (χ3n) is 4.55. The Hall–Kier alpha value is -2.37. The lowest BCUT2D eigenvalue weighted by atomic mass is 9.88. The smallest absolute Gasteiger partial charge is 0.329 e. The fourth-order valence-electron chi connectivity index (χ4n) is 3.34. The van der Waals surface area contributed by atoms with Gasteiger partial charge in [-0.3, -0.25) is 9.59 Å². The first kappa shape index (κ1) is 14.6. The Balaban J connectivity index is 1.86. The van der Waals surface area contributed by atoms with Crippen LogP contribution in [-0.4, -0.2) is 28.4 Å². The Labute approximate surface area is 127 Å². The van der Waals surface area contributed by atoms with Crippen LogP contribution in [0.3, 0.4) is 0 Å². The van der Waals surface area contributed by atoms with Gasteiger partial charge in [0.15, 0.2) is 0 Å². The molecule has 3 N–H and O–H groups in total. The summed E-state index contributed by atoms with van der Waals surface area (Å²) in [6.45, 7) is 0. The molecule has 0 radical (unpaired) electrons. The van der Waals surface area contributed by atoms with Crippen molar-refractivity contribution in [2.24, 2.45) is 0 Å². The highest BCUT2D eigenvalue weighted by Crippen LogP contribution is 2.35. The summed E-state index contributed by atoms with van der Waals surface area (Å²) in [7, 11) is 0. The Morgan fingerprint density at radius 3 is 2.59 bits per heavy atom. The number of para-hydroxylation sites is 1. The van der Waals surface area contributed by atoms with Crippen molar-refractivity contribution in [3.05, 3.63) is 29.8 Å². The highest BCUT2D eigenvalue weighted by molar-refractivity contribution is 6.02. The molecule has 22 heavy (non-hydrogen) atoms. The van der Waals surface area contributed by atoms with E-state index in [0.717, 1.165) is 18.4 Å². The van der Waals surface area contributed by atoms with Crippen molar-refractivity contribution in [2.45, 2.75) is 43.6 Å². The van der Waals surface area contributed by atoms with Gasteiger partial charge in [-0.25, -0.2) is 4.79 Å². The molecule has 6 nitrogen and oxygen atoms in total. The van der Waals surface area contributed by atoms with Gasteiger partial charge in [0.2, 0.25) is 11.8 Å². The molecular formula is C16H18N2O4. The van der Waals surface area contributed by atoms with Gasteiger partial charge in [0.25, 0.3) is 0 Å². The van der Waals surface area contributed by atoms with Gasteiger partial charge in [0.05, 0.1) is 5.92 Å². The van der Waals surface area contributed by atoms with E-state index in [4.69, 9.17) is 0 Å². The first-order valence-electron chi connectivity index (χ1n) is 7.46. The molecule has 0 aromatic heterocycles. The zero-order chi connectivity index (χ0) is 15.7. The Morgan fingerprint density at radius 1 is 1.23 bits per heavy atom. The third-order valence-corrected chi connectivity index (χ3v) is 4.55. The van der Waals surface area contributed by atoms with Gasteiger partial charge in [0, 0.05) is 12.1 Å². The minimum atomic E-state index is -1.18. The van der Waals surface area contributed by atoms with Gasteiger partial charge in [-0.15, -0.1) is 0 Å². The van der Waals surface area contributed by atoms with E-state index in [1.807, 2.05) is 0 Å². The molecule has 1 aliphatic heterocycles. The molecular weight excluding hydrogens is 284 g/mol. The van der Waals surface area contributed by atoms with Crippen molar-refractivity contribution in [2.75, 3.05) is 5.32 Å². The second kappa shape index (κ2) is 5.44. The Kier molecular flexibility index (Phi) is 3.60. The van der Waals surface area contributed by atoms with Crippen LogP contribution in [0.4, 0.5) is 5.69 Å². The normalized spacial score (nSPS) is 22.5. The average molecular weight is 302 g/mol. The number of benzene rings is 1. The lowest BCUT2D eigenvalue weighted by Crippen LogP contribution is -2.54. The van der Waals surface area contributed by atoms with Crippen molar-refractivity contribution in [3.63, 3.8) is 0 Å². The topological polar surface area (TPSA) is 95.5 Å². The largest absolute Gasteiger partial charge is 0.480 e. The molecule has 0 bridgehead atoms. The van der Waals surface area contributed by atoms with Crippen LogP contribution in [0.1, 0.15) is 43.6 Å². The lowest BCUT2D eigenvalue weighted by molar-refractivity contribution is -0.147. The molecule has 1 aliphatic carbocycles. The first-order valence-corrected chi connectivity index (χ1v) is 7.46. The summed E-state index contributed by atoms with van der Waals surface area (Å²) in [5, 5.41) is 14.9. The number of nitrogens with one attached hydrogen (secondary N) is 2. The van der Waals surface area contributed by atoms with E-state index >= 15 is 0 Å². The molecule has 2 aliphatic rings. The van der Waals surface area contributed by atoms with E-state index in [9.17, 15) is 19.5 Å². The van der Waals surface area contributed by atoms with E-state index in [2.05, 4.69) is 10.6 Å². The molecule has 1 atom stereocenters. The average Bonchev–Trinajstić information content (AvgIpc) is 2.96. The summed E-state index contributed by atoms with van der Waals surface area (Å²) in [4.78, 5) is 36.0. The van der Waals surface area contributed by atoms with Crippen LogP contribution < -0.4 is 10.6 Å². The molecule has 1 saturated carbocycles. The second-order valence-electron chi connectivity index (χ2n) is 5.98. The van der Waals surface area contributed by atoms with E-state index in [1.54, 1.807) is 24.3 Å². The summed E-state index contributed by atoms with van der Waals surface area (Å²) in [5.74, 6) is -2.24. The fraction of sp³-hybridized carbons (Fsp3) is 0.438. The van der Waals surface area contributed by atoms with Gasteiger partial charge in [0.1, 0.15) is 5.54 Å². The maximum atomic E-state index is 12.6. The summed E-state index contributed by atoms with van der Waals surface area (Å²) >= 11 is 0. The Morgan fingerprint density at radius 2 is 1.91 bits per heavy atom. The van der Waals surface area contributed by atoms with Crippen molar-refractivity contribution in [1.29, 1.82) is 0 Å². The summed E-state index contributed by atoms with van der Waals surface area (Å²) < 4.78 is 0. The number of amides is 2. The summed E-state index contributed by atoms with van der Waals surface area (Å²) in [6, 6.07) is 7.13. The van der Waals surface area contributed by atoms with Crippen LogP contribution in [-0.2, 0) is 14.4 Å². The maximum Gasteiger partial charge on any atom is 0.329 e. The number of carboxylic acid groups (broad SMARTS) is 1. The van der Waals surface area contributed by atoms with Crippen LogP contribution in [0.25, 0.3) is 0 Å². The molecule has 0 spiro atoms. The third kappa shape index (κ3) is 2.45. The van der Waals surface area contributed by atoms with Gasteiger partial charge in [-0.05, 0) is 24.5 Å². The highest BCUT2D eigenvalue weighted by Gasteiger charge is 2.44. The predicted molar refractivity (Wildman–Crippen MR) is 79.4 cm³/mol. The van der Waals surface area contributed by atoms with Gasteiger partial charge in [-0.1, -0.05) is 31.0 Å².